The topological polar surface area (TPSA) is 52.0 Å². The summed E-state index contributed by atoms with van der Waals surface area (Å²) in [5.74, 6) is 1.02. The van der Waals surface area contributed by atoms with Crippen LogP contribution in [0.1, 0.15) is 12.5 Å². The Balaban J connectivity index is 1.68. The Kier molecular flexibility index (Phi) is 8.36. The lowest BCUT2D eigenvalue weighted by Gasteiger charge is -2.15. The predicted octanol–water partition coefficient (Wildman–Crippen LogP) is 2.09. The normalized spacial score (nSPS) is 11.7. The molecule has 2 N–H and O–H groups in total. The van der Waals surface area contributed by atoms with E-state index in [4.69, 9.17) is 21.1 Å². The van der Waals surface area contributed by atoms with Crippen molar-refractivity contribution in [3.05, 3.63) is 58.9 Å². The number of halogens is 2. The quantitative estimate of drug-likeness (QED) is 0.606. The SMILES string of the molecule is CCOc1ccc(OCCNC(=O)C[NH+](C)Cc2c(F)cccc2Cl)cc1. The second kappa shape index (κ2) is 10.7. The number of nitrogens with one attached hydrogen (secondary N) is 2. The molecule has 1 amide bonds. The van der Waals surface area contributed by atoms with Gasteiger partial charge in [-0.25, -0.2) is 4.39 Å². The summed E-state index contributed by atoms with van der Waals surface area (Å²) in [6.45, 7) is 3.84. The van der Waals surface area contributed by atoms with Gasteiger partial charge >= 0.3 is 0 Å². The fourth-order valence-electron chi connectivity index (χ4n) is 2.56. The number of hydrogen-bond donors (Lipinski definition) is 2. The lowest BCUT2D eigenvalue weighted by Crippen LogP contribution is -3.09. The third-order valence-electron chi connectivity index (χ3n) is 3.83. The minimum atomic E-state index is -0.356. The molecule has 0 bridgehead atoms. The molecular weight excluding hydrogens is 371 g/mol. The highest BCUT2D eigenvalue weighted by Gasteiger charge is 2.15. The maximum Gasteiger partial charge on any atom is 0.275 e. The third-order valence-corrected chi connectivity index (χ3v) is 4.18. The van der Waals surface area contributed by atoms with Crippen molar-refractivity contribution in [2.45, 2.75) is 13.5 Å². The van der Waals surface area contributed by atoms with Crippen molar-refractivity contribution in [2.24, 2.45) is 0 Å². The minimum absolute atomic E-state index is 0.129. The molecule has 0 aromatic heterocycles. The zero-order valence-electron chi connectivity index (χ0n) is 15.6. The molecule has 0 saturated heterocycles. The fraction of sp³-hybridized carbons (Fsp3) is 0.350. The molecule has 1 unspecified atom stereocenters. The van der Waals surface area contributed by atoms with Crippen molar-refractivity contribution in [1.82, 2.24) is 5.32 Å². The van der Waals surface area contributed by atoms with Crippen LogP contribution in [0.15, 0.2) is 42.5 Å². The third kappa shape index (κ3) is 7.07. The van der Waals surface area contributed by atoms with Crippen LogP contribution in [0, 0.1) is 5.82 Å². The number of amides is 1. The van der Waals surface area contributed by atoms with Gasteiger partial charge < -0.3 is 19.7 Å². The first-order chi connectivity index (χ1) is 13.0. The summed E-state index contributed by atoms with van der Waals surface area (Å²) in [4.78, 5) is 12.9. The van der Waals surface area contributed by atoms with Gasteiger partial charge in [-0.2, -0.15) is 0 Å². The van der Waals surface area contributed by atoms with Crippen LogP contribution in [0.2, 0.25) is 5.02 Å². The van der Waals surface area contributed by atoms with E-state index in [9.17, 15) is 9.18 Å². The van der Waals surface area contributed by atoms with Gasteiger partial charge in [-0.15, -0.1) is 0 Å². The molecule has 0 fully saturated rings. The van der Waals surface area contributed by atoms with Gasteiger partial charge in [0.05, 0.1) is 30.8 Å². The number of benzene rings is 2. The lowest BCUT2D eigenvalue weighted by molar-refractivity contribution is -0.885. The maximum absolute atomic E-state index is 13.8. The highest BCUT2D eigenvalue weighted by atomic mass is 35.5. The molecule has 2 aromatic rings. The van der Waals surface area contributed by atoms with Crippen molar-refractivity contribution in [1.29, 1.82) is 0 Å². The van der Waals surface area contributed by atoms with Gasteiger partial charge in [0.2, 0.25) is 0 Å². The van der Waals surface area contributed by atoms with Gasteiger partial charge in [0.25, 0.3) is 5.91 Å². The Labute approximate surface area is 164 Å². The molecule has 0 radical (unpaired) electrons. The van der Waals surface area contributed by atoms with Gasteiger partial charge in [0.1, 0.15) is 30.5 Å². The number of hydrogen-bond acceptors (Lipinski definition) is 3. The van der Waals surface area contributed by atoms with E-state index in [1.165, 1.54) is 6.07 Å². The minimum Gasteiger partial charge on any atom is -0.494 e. The average Bonchev–Trinajstić information content (AvgIpc) is 2.63. The second-order valence-corrected chi connectivity index (χ2v) is 6.52. The zero-order valence-corrected chi connectivity index (χ0v) is 16.3. The van der Waals surface area contributed by atoms with Crippen LogP contribution in [0.4, 0.5) is 4.39 Å². The summed E-state index contributed by atoms with van der Waals surface area (Å²) < 4.78 is 24.7. The smallest absolute Gasteiger partial charge is 0.275 e. The number of likely N-dealkylation sites (N-methyl/N-ethyl adjacent to an activating group) is 1. The van der Waals surface area contributed by atoms with Crippen LogP contribution < -0.4 is 19.7 Å². The average molecular weight is 396 g/mol. The highest BCUT2D eigenvalue weighted by Crippen LogP contribution is 2.18. The van der Waals surface area contributed by atoms with Crippen molar-refractivity contribution in [3.8, 4) is 11.5 Å². The van der Waals surface area contributed by atoms with E-state index in [2.05, 4.69) is 5.32 Å². The summed E-state index contributed by atoms with van der Waals surface area (Å²) in [5, 5.41) is 3.17. The van der Waals surface area contributed by atoms with Crippen LogP contribution in [0.5, 0.6) is 11.5 Å². The van der Waals surface area contributed by atoms with Crippen LogP contribution in [-0.2, 0) is 11.3 Å². The number of ether oxygens (including phenoxy) is 2. The van der Waals surface area contributed by atoms with E-state index in [-0.39, 0.29) is 18.3 Å². The first-order valence-electron chi connectivity index (χ1n) is 8.86. The van der Waals surface area contributed by atoms with E-state index in [0.29, 0.717) is 42.6 Å². The summed E-state index contributed by atoms with van der Waals surface area (Å²) in [6, 6.07) is 11.9. The Hall–Kier alpha value is -2.31. The first kappa shape index (κ1) is 21.0. The summed E-state index contributed by atoms with van der Waals surface area (Å²) in [7, 11) is 1.82. The van der Waals surface area contributed by atoms with Crippen LogP contribution in [-0.4, -0.2) is 39.3 Å². The van der Waals surface area contributed by atoms with Gasteiger partial charge in [0, 0.05) is 0 Å². The lowest BCUT2D eigenvalue weighted by atomic mass is 10.2. The Morgan fingerprint density at radius 3 is 2.44 bits per heavy atom. The van der Waals surface area contributed by atoms with Crippen molar-refractivity contribution in [2.75, 3.05) is 33.4 Å². The van der Waals surface area contributed by atoms with Crippen molar-refractivity contribution >= 4 is 17.5 Å². The molecular formula is C20H25ClFN2O3+. The molecule has 0 saturated carbocycles. The van der Waals surface area contributed by atoms with Crippen LogP contribution in [0.25, 0.3) is 0 Å². The molecule has 0 aliphatic carbocycles. The molecule has 27 heavy (non-hydrogen) atoms. The monoisotopic (exact) mass is 395 g/mol. The molecule has 0 heterocycles. The Bertz CT molecular complexity index is 720. The van der Waals surface area contributed by atoms with Crippen LogP contribution >= 0.6 is 11.6 Å². The first-order valence-corrected chi connectivity index (χ1v) is 9.24. The summed E-state index contributed by atoms with van der Waals surface area (Å²) >= 11 is 6.02. The molecule has 5 nitrogen and oxygen atoms in total. The largest absolute Gasteiger partial charge is 0.494 e. The number of rotatable bonds is 10. The van der Waals surface area contributed by atoms with E-state index in [0.717, 1.165) is 10.6 Å². The molecule has 0 aliphatic heterocycles. The number of carbonyl (C=O) groups excluding carboxylic acids is 1. The number of carbonyl (C=O) groups is 1. The molecule has 2 aromatic carbocycles. The molecule has 2 rings (SSSR count). The molecule has 146 valence electrons. The summed E-state index contributed by atoms with van der Waals surface area (Å²) in [6.07, 6.45) is 0. The van der Waals surface area contributed by atoms with Gasteiger partial charge in [-0.3, -0.25) is 4.79 Å². The van der Waals surface area contributed by atoms with Crippen molar-refractivity contribution < 1.29 is 23.6 Å². The molecule has 0 aliphatic rings. The second-order valence-electron chi connectivity index (χ2n) is 6.11. The zero-order chi connectivity index (χ0) is 19.6. The van der Waals surface area contributed by atoms with Gasteiger partial charge in [-0.1, -0.05) is 17.7 Å². The Morgan fingerprint density at radius 2 is 1.81 bits per heavy atom. The maximum atomic E-state index is 13.8. The van der Waals surface area contributed by atoms with E-state index >= 15 is 0 Å². The Morgan fingerprint density at radius 1 is 1.15 bits per heavy atom. The van der Waals surface area contributed by atoms with E-state index in [1.54, 1.807) is 12.1 Å². The van der Waals surface area contributed by atoms with E-state index in [1.807, 2.05) is 38.2 Å². The number of quaternary nitrogens is 1. The molecule has 0 spiro atoms. The van der Waals surface area contributed by atoms with Gasteiger partial charge in [-0.05, 0) is 43.3 Å². The molecule has 1 atom stereocenters. The fourth-order valence-corrected chi connectivity index (χ4v) is 2.79. The van der Waals surface area contributed by atoms with E-state index < -0.39 is 0 Å². The van der Waals surface area contributed by atoms with Crippen LogP contribution in [0.3, 0.4) is 0 Å². The highest BCUT2D eigenvalue weighted by molar-refractivity contribution is 6.31. The van der Waals surface area contributed by atoms with Gasteiger partial charge in [0.15, 0.2) is 6.54 Å². The molecule has 7 heteroatoms. The van der Waals surface area contributed by atoms with Crippen molar-refractivity contribution in [3.63, 3.8) is 0 Å². The predicted molar refractivity (Wildman–Crippen MR) is 103 cm³/mol. The standard InChI is InChI=1S/C20H24ClFN2O3/c1-3-26-15-7-9-16(10-8-15)27-12-11-23-20(25)14-24(2)13-17-18(21)5-4-6-19(17)22/h4-10H,3,11-14H2,1-2H3,(H,23,25)/p+1. The summed E-state index contributed by atoms with van der Waals surface area (Å²) in [5.41, 5.74) is 0.420.